The van der Waals surface area contributed by atoms with Gasteiger partial charge in [-0.3, -0.25) is 9.89 Å². The fraction of sp³-hybridized carbons (Fsp3) is 0.300. The van der Waals surface area contributed by atoms with E-state index in [0.29, 0.717) is 39.6 Å². The second-order valence-electron chi connectivity index (χ2n) is 7.18. The highest BCUT2D eigenvalue weighted by atomic mass is 35.5. The lowest BCUT2D eigenvalue weighted by Gasteiger charge is -2.19. The van der Waals surface area contributed by atoms with Crippen LogP contribution in [0.25, 0.3) is 5.57 Å². The van der Waals surface area contributed by atoms with E-state index in [1.54, 1.807) is 13.1 Å². The van der Waals surface area contributed by atoms with Crippen LogP contribution in [0.15, 0.2) is 17.8 Å². The number of carbonyl (C=O) groups is 1. The zero-order valence-corrected chi connectivity index (χ0v) is 16.2. The fourth-order valence-electron chi connectivity index (χ4n) is 4.26. The van der Waals surface area contributed by atoms with Gasteiger partial charge in [-0.05, 0) is 54.7 Å². The maximum Gasteiger partial charge on any atom is 0.255 e. The maximum absolute atomic E-state index is 11.7. The van der Waals surface area contributed by atoms with E-state index < -0.39 is 5.91 Å². The van der Waals surface area contributed by atoms with Crippen LogP contribution in [0.2, 0.25) is 5.02 Å². The van der Waals surface area contributed by atoms with E-state index in [0.717, 1.165) is 36.1 Å². The van der Waals surface area contributed by atoms with Gasteiger partial charge >= 0.3 is 0 Å². The fourth-order valence-corrected chi connectivity index (χ4v) is 4.47. The van der Waals surface area contributed by atoms with Crippen molar-refractivity contribution in [3.8, 4) is 11.8 Å². The van der Waals surface area contributed by atoms with Crippen LogP contribution in [0.5, 0.6) is 0 Å². The highest BCUT2D eigenvalue weighted by molar-refractivity contribution is 6.32. The third-order valence-electron chi connectivity index (χ3n) is 5.59. The summed E-state index contributed by atoms with van der Waals surface area (Å²) < 4.78 is 0. The van der Waals surface area contributed by atoms with Crippen molar-refractivity contribution >= 4 is 34.6 Å². The molecule has 2 unspecified atom stereocenters. The number of halogens is 1. The first-order valence-corrected chi connectivity index (χ1v) is 9.45. The lowest BCUT2D eigenvalue weighted by atomic mass is 9.89. The molecule has 2 aliphatic rings. The van der Waals surface area contributed by atoms with Crippen molar-refractivity contribution in [3.63, 3.8) is 0 Å². The molecule has 0 radical (unpaired) electrons. The van der Waals surface area contributed by atoms with E-state index in [9.17, 15) is 4.79 Å². The number of allylic oxidation sites excluding steroid dienone is 2. The Balaban J connectivity index is 1.71. The quantitative estimate of drug-likeness (QED) is 0.400. The second-order valence-corrected chi connectivity index (χ2v) is 7.59. The molecule has 8 N–H and O–H groups in total. The molecule has 1 aromatic heterocycles. The number of aromatic amines is 1. The van der Waals surface area contributed by atoms with Crippen molar-refractivity contribution < 1.29 is 4.79 Å². The van der Waals surface area contributed by atoms with Crippen LogP contribution in [0, 0.1) is 23.7 Å². The number of nitrogens with zero attached hydrogens (tertiary/aromatic N) is 1. The molecule has 1 heterocycles. The molecule has 7 nitrogen and oxygen atoms in total. The average molecular weight is 397 g/mol. The van der Waals surface area contributed by atoms with Gasteiger partial charge in [0, 0.05) is 29.6 Å². The average Bonchev–Trinajstić information content (AvgIpc) is 3.36. The molecular weight excluding hydrogens is 376 g/mol. The Morgan fingerprint density at radius 2 is 2.04 bits per heavy atom. The smallest absolute Gasteiger partial charge is 0.255 e. The minimum absolute atomic E-state index is 0.204. The number of nitrogens with two attached hydrogens (primary N) is 3. The molecule has 1 fully saturated rings. The molecular formula is C20H21ClN6O. The van der Waals surface area contributed by atoms with Gasteiger partial charge in [0.1, 0.15) is 11.3 Å². The van der Waals surface area contributed by atoms with Crippen LogP contribution >= 0.6 is 11.6 Å². The van der Waals surface area contributed by atoms with Gasteiger partial charge in [0.25, 0.3) is 5.91 Å². The molecule has 144 valence electrons. The van der Waals surface area contributed by atoms with Gasteiger partial charge in [-0.15, -0.1) is 0 Å². The first kappa shape index (κ1) is 18.3. The minimum atomic E-state index is -0.623. The number of benzene rings is 1. The molecule has 2 aliphatic carbocycles. The number of fused-ring (bicyclic) bond motifs is 2. The predicted octanol–water partition coefficient (Wildman–Crippen LogP) is 2.29. The molecule has 0 saturated heterocycles. The summed E-state index contributed by atoms with van der Waals surface area (Å²) in [5.74, 6) is 6.47. The van der Waals surface area contributed by atoms with E-state index in [2.05, 4.69) is 27.4 Å². The summed E-state index contributed by atoms with van der Waals surface area (Å²) in [4.78, 5) is 11.7. The van der Waals surface area contributed by atoms with Crippen LogP contribution < -0.4 is 22.5 Å². The summed E-state index contributed by atoms with van der Waals surface area (Å²) in [5.41, 5.74) is 22.7. The van der Waals surface area contributed by atoms with Crippen LogP contribution in [-0.4, -0.2) is 23.2 Å². The van der Waals surface area contributed by atoms with Gasteiger partial charge < -0.3 is 22.5 Å². The molecule has 8 heteroatoms. The monoisotopic (exact) mass is 396 g/mol. The van der Waals surface area contributed by atoms with Gasteiger partial charge in [-0.1, -0.05) is 17.5 Å². The topological polar surface area (TPSA) is 136 Å². The molecule has 1 amide bonds. The summed E-state index contributed by atoms with van der Waals surface area (Å²) in [6, 6.07) is 3.58. The Labute approximate surface area is 167 Å². The largest absolute Gasteiger partial charge is 0.402 e. The highest BCUT2D eigenvalue weighted by Gasteiger charge is 2.39. The van der Waals surface area contributed by atoms with Gasteiger partial charge in [-0.25, -0.2) is 0 Å². The van der Waals surface area contributed by atoms with E-state index in [-0.39, 0.29) is 5.56 Å². The van der Waals surface area contributed by atoms with Crippen molar-refractivity contribution in [2.75, 3.05) is 18.1 Å². The lowest BCUT2D eigenvalue weighted by molar-refractivity contribution is 0.100. The molecule has 28 heavy (non-hydrogen) atoms. The van der Waals surface area contributed by atoms with Crippen molar-refractivity contribution in [1.82, 2.24) is 10.2 Å². The Bertz CT molecular complexity index is 1070. The Hall–Kier alpha value is -3.11. The third-order valence-corrected chi connectivity index (χ3v) is 5.91. The lowest BCUT2D eigenvalue weighted by Crippen LogP contribution is -2.13. The minimum Gasteiger partial charge on any atom is -0.402 e. The summed E-state index contributed by atoms with van der Waals surface area (Å²) in [5, 5.41) is 9.97. The third kappa shape index (κ3) is 2.86. The molecule has 2 atom stereocenters. The first-order valence-electron chi connectivity index (χ1n) is 9.07. The summed E-state index contributed by atoms with van der Waals surface area (Å²) >= 11 is 6.48. The molecule has 1 saturated carbocycles. The zero-order chi connectivity index (χ0) is 20.0. The van der Waals surface area contributed by atoms with E-state index in [1.807, 2.05) is 6.07 Å². The van der Waals surface area contributed by atoms with E-state index in [1.165, 1.54) is 0 Å². The number of rotatable bonds is 3. The Morgan fingerprint density at radius 1 is 1.29 bits per heavy atom. The van der Waals surface area contributed by atoms with Gasteiger partial charge in [-0.2, -0.15) is 5.10 Å². The number of hydrogen-bond donors (Lipinski definition) is 5. The molecule has 4 rings (SSSR count). The number of carbonyl (C=O) groups excluding carboxylic acids is 1. The van der Waals surface area contributed by atoms with Crippen molar-refractivity contribution in [2.24, 2.45) is 23.3 Å². The summed E-state index contributed by atoms with van der Waals surface area (Å²) in [7, 11) is 1.65. The van der Waals surface area contributed by atoms with Gasteiger partial charge in [0.2, 0.25) is 0 Å². The van der Waals surface area contributed by atoms with Gasteiger partial charge in [0.05, 0.1) is 5.02 Å². The molecule has 0 aliphatic heterocycles. The number of hydrogen-bond acceptors (Lipinski definition) is 5. The molecule has 0 spiro atoms. The summed E-state index contributed by atoms with van der Waals surface area (Å²) in [6.45, 7) is 0. The van der Waals surface area contributed by atoms with E-state index >= 15 is 0 Å². The van der Waals surface area contributed by atoms with Crippen molar-refractivity contribution in [1.29, 1.82) is 0 Å². The second kappa shape index (κ2) is 6.80. The number of anilines is 2. The Kier molecular flexibility index (Phi) is 4.44. The van der Waals surface area contributed by atoms with Crippen LogP contribution in [0.4, 0.5) is 11.5 Å². The maximum atomic E-state index is 11.7. The number of nitrogen functional groups attached to an aromatic ring is 1. The SMILES string of the molecule is CNc1n[nH]c(C#Cc2cc(N)c(C3=C(N)C4CCC3C4)cc2Cl)c1C(N)=O. The standard InChI is InChI=1S/C20H21ClN6O/c1-25-20-17(19(24)28)15(26-27-20)5-4-9-7-14(22)12(8-13(9)21)16-10-2-3-11(6-10)18(16)23/h7-8,10-11H,2-3,6,22-23H2,1H3,(H2,24,28)(H2,25,26,27). The van der Waals surface area contributed by atoms with Crippen molar-refractivity contribution in [2.45, 2.75) is 19.3 Å². The summed E-state index contributed by atoms with van der Waals surface area (Å²) in [6.07, 6.45) is 3.39. The first-order chi connectivity index (χ1) is 13.4. The zero-order valence-electron chi connectivity index (χ0n) is 15.4. The highest BCUT2D eigenvalue weighted by Crippen LogP contribution is 2.51. The van der Waals surface area contributed by atoms with Crippen LogP contribution in [0.1, 0.15) is 46.4 Å². The molecule has 2 aromatic rings. The van der Waals surface area contributed by atoms with Crippen LogP contribution in [-0.2, 0) is 0 Å². The van der Waals surface area contributed by atoms with Gasteiger partial charge in [0.15, 0.2) is 5.82 Å². The number of primary amides is 1. The number of H-pyrrole nitrogens is 1. The molecule has 2 bridgehead atoms. The van der Waals surface area contributed by atoms with Crippen molar-refractivity contribution in [3.05, 3.63) is 45.2 Å². The predicted molar refractivity (Wildman–Crippen MR) is 110 cm³/mol. The number of nitrogens with one attached hydrogen (secondary N) is 2. The van der Waals surface area contributed by atoms with Crippen LogP contribution in [0.3, 0.4) is 0 Å². The number of aromatic nitrogens is 2. The van der Waals surface area contributed by atoms with E-state index in [4.69, 9.17) is 28.8 Å². The molecule has 1 aromatic carbocycles. The Morgan fingerprint density at radius 3 is 2.68 bits per heavy atom. The number of amides is 1. The normalized spacial score (nSPS) is 20.2.